The zero-order valence-corrected chi connectivity index (χ0v) is 12.4. The summed E-state index contributed by atoms with van der Waals surface area (Å²) in [5.74, 6) is -0.192. The molecule has 0 aliphatic heterocycles. The fourth-order valence-corrected chi connectivity index (χ4v) is 1.75. The first-order valence-corrected chi connectivity index (χ1v) is 7.05. The average Bonchev–Trinajstić information content (AvgIpc) is 2.40. The summed E-state index contributed by atoms with van der Waals surface area (Å²) < 4.78 is 0. The van der Waals surface area contributed by atoms with Crippen molar-refractivity contribution < 1.29 is 9.90 Å². The molecule has 0 amide bonds. The van der Waals surface area contributed by atoms with Gasteiger partial charge < -0.3 is 10.4 Å². The van der Waals surface area contributed by atoms with Crippen LogP contribution in [0.3, 0.4) is 0 Å². The Morgan fingerprint density at radius 3 is 2.50 bits per heavy atom. The normalized spacial score (nSPS) is 12.4. The van der Waals surface area contributed by atoms with Gasteiger partial charge in [-0.2, -0.15) is 0 Å². The molecule has 0 unspecified atom stereocenters. The predicted molar refractivity (Wildman–Crippen MR) is 78.5 cm³/mol. The predicted octanol–water partition coefficient (Wildman–Crippen LogP) is 1.89. The second-order valence-electron chi connectivity index (χ2n) is 5.14. The molecule has 1 atom stereocenters. The number of nitrogens with one attached hydrogen (secondary N) is 2. The zero-order chi connectivity index (χ0) is 15.0. The van der Waals surface area contributed by atoms with Gasteiger partial charge in [0.15, 0.2) is 0 Å². The molecule has 20 heavy (non-hydrogen) atoms. The summed E-state index contributed by atoms with van der Waals surface area (Å²) in [6.07, 6.45) is 5.64. The van der Waals surface area contributed by atoms with Gasteiger partial charge in [0.2, 0.25) is 5.95 Å². The number of unbranched alkanes of at least 4 members (excludes halogenated alkanes) is 1. The van der Waals surface area contributed by atoms with Crippen molar-refractivity contribution in [2.24, 2.45) is 5.92 Å². The topological polar surface area (TPSA) is 87.1 Å². The van der Waals surface area contributed by atoms with E-state index in [1.807, 2.05) is 13.8 Å². The minimum atomic E-state index is -0.834. The van der Waals surface area contributed by atoms with Gasteiger partial charge in [0.25, 0.3) is 0 Å². The van der Waals surface area contributed by atoms with Crippen molar-refractivity contribution in [2.75, 3.05) is 11.9 Å². The number of carbonyl (C=O) groups is 1. The molecule has 0 saturated heterocycles. The summed E-state index contributed by atoms with van der Waals surface area (Å²) in [6.45, 7) is 7.20. The molecule has 6 nitrogen and oxygen atoms in total. The molecular formula is C14H24N4O2. The first kappa shape index (κ1) is 16.4. The van der Waals surface area contributed by atoms with Crippen LogP contribution in [0.15, 0.2) is 12.4 Å². The Labute approximate surface area is 120 Å². The maximum Gasteiger partial charge on any atom is 0.320 e. The molecule has 1 rings (SSSR count). The third kappa shape index (κ3) is 5.52. The average molecular weight is 280 g/mol. The molecule has 0 fully saturated rings. The largest absolute Gasteiger partial charge is 0.480 e. The summed E-state index contributed by atoms with van der Waals surface area (Å²) in [5.41, 5.74) is 0.873. The monoisotopic (exact) mass is 280 g/mol. The van der Waals surface area contributed by atoms with E-state index in [2.05, 4.69) is 27.5 Å². The number of hydrogen-bond donors (Lipinski definition) is 3. The Morgan fingerprint density at radius 1 is 1.35 bits per heavy atom. The summed E-state index contributed by atoms with van der Waals surface area (Å²) >= 11 is 0. The van der Waals surface area contributed by atoms with Crippen LogP contribution in [0.25, 0.3) is 0 Å². The van der Waals surface area contributed by atoms with Crippen molar-refractivity contribution in [3.63, 3.8) is 0 Å². The molecular weight excluding hydrogens is 256 g/mol. The maximum atomic E-state index is 11.1. The first-order chi connectivity index (χ1) is 9.54. The lowest BCUT2D eigenvalue weighted by Gasteiger charge is -2.17. The van der Waals surface area contributed by atoms with Gasteiger partial charge >= 0.3 is 5.97 Å². The van der Waals surface area contributed by atoms with Crippen molar-refractivity contribution in [2.45, 2.75) is 46.2 Å². The van der Waals surface area contributed by atoms with Crippen LogP contribution >= 0.6 is 0 Å². The molecule has 3 N–H and O–H groups in total. The molecule has 1 heterocycles. The molecule has 112 valence electrons. The molecule has 0 radical (unpaired) electrons. The van der Waals surface area contributed by atoms with Gasteiger partial charge in [-0.3, -0.25) is 10.1 Å². The zero-order valence-electron chi connectivity index (χ0n) is 12.4. The minimum absolute atomic E-state index is 0.0309. The molecule has 1 aromatic rings. The molecule has 0 aliphatic rings. The van der Waals surface area contributed by atoms with Gasteiger partial charge in [0.05, 0.1) is 0 Å². The van der Waals surface area contributed by atoms with Gasteiger partial charge in [0.1, 0.15) is 6.04 Å². The van der Waals surface area contributed by atoms with E-state index in [4.69, 9.17) is 5.11 Å². The van der Waals surface area contributed by atoms with Crippen LogP contribution in [0.5, 0.6) is 0 Å². The first-order valence-electron chi connectivity index (χ1n) is 7.05. The van der Waals surface area contributed by atoms with Crippen LogP contribution < -0.4 is 10.6 Å². The third-order valence-electron chi connectivity index (χ3n) is 2.98. The number of aromatic nitrogens is 2. The molecule has 0 saturated carbocycles. The van der Waals surface area contributed by atoms with Gasteiger partial charge in [-0.15, -0.1) is 0 Å². The van der Waals surface area contributed by atoms with Gasteiger partial charge in [0, 0.05) is 31.0 Å². The van der Waals surface area contributed by atoms with Crippen molar-refractivity contribution in [3.05, 3.63) is 18.0 Å². The van der Waals surface area contributed by atoms with Crippen molar-refractivity contribution in [1.29, 1.82) is 0 Å². The van der Waals surface area contributed by atoms with Crippen LogP contribution in [0.4, 0.5) is 5.95 Å². The molecule has 0 bridgehead atoms. The highest BCUT2D eigenvalue weighted by Gasteiger charge is 2.20. The summed E-state index contributed by atoms with van der Waals surface area (Å²) in [5, 5.41) is 15.2. The summed E-state index contributed by atoms with van der Waals surface area (Å²) in [7, 11) is 0. The van der Waals surface area contributed by atoms with Crippen LogP contribution in [0.1, 0.15) is 39.2 Å². The van der Waals surface area contributed by atoms with E-state index in [1.54, 1.807) is 12.4 Å². The lowest BCUT2D eigenvalue weighted by Crippen LogP contribution is -2.40. The Hall–Kier alpha value is -1.69. The highest BCUT2D eigenvalue weighted by molar-refractivity contribution is 5.73. The van der Waals surface area contributed by atoms with Crippen LogP contribution in [0, 0.1) is 5.92 Å². The second kappa shape index (κ2) is 8.47. The van der Waals surface area contributed by atoms with Crippen molar-refractivity contribution >= 4 is 11.9 Å². The number of aliphatic carboxylic acids is 1. The van der Waals surface area contributed by atoms with Gasteiger partial charge in [-0.25, -0.2) is 9.97 Å². The smallest absolute Gasteiger partial charge is 0.320 e. The second-order valence-corrected chi connectivity index (χ2v) is 5.14. The van der Waals surface area contributed by atoms with Crippen molar-refractivity contribution in [3.8, 4) is 0 Å². The van der Waals surface area contributed by atoms with E-state index in [0.717, 1.165) is 24.9 Å². The Morgan fingerprint density at radius 2 is 2.00 bits per heavy atom. The van der Waals surface area contributed by atoms with E-state index in [1.165, 1.54) is 0 Å². The molecule has 0 aromatic carbocycles. The quantitative estimate of drug-likeness (QED) is 0.599. The van der Waals surface area contributed by atoms with E-state index in [-0.39, 0.29) is 5.92 Å². The van der Waals surface area contributed by atoms with Crippen LogP contribution in [-0.4, -0.2) is 33.6 Å². The van der Waals surface area contributed by atoms with E-state index < -0.39 is 12.0 Å². The van der Waals surface area contributed by atoms with Crippen LogP contribution in [0.2, 0.25) is 0 Å². The maximum absolute atomic E-state index is 11.1. The number of anilines is 1. The van der Waals surface area contributed by atoms with Gasteiger partial charge in [-0.05, 0) is 12.3 Å². The van der Waals surface area contributed by atoms with E-state index >= 15 is 0 Å². The standard InChI is InChI=1S/C14H24N4O2/c1-4-5-6-15-14-17-8-11(9-18-14)7-16-12(10(2)3)13(19)20/h8-10,12,16H,4-7H2,1-3H3,(H,19,20)(H,15,17,18)/t12-/m1/s1. The molecule has 0 aliphatic carbocycles. The highest BCUT2D eigenvalue weighted by Crippen LogP contribution is 2.05. The number of nitrogens with zero attached hydrogens (tertiary/aromatic N) is 2. The van der Waals surface area contributed by atoms with Crippen molar-refractivity contribution in [1.82, 2.24) is 15.3 Å². The Kier molecular flexibility index (Phi) is 6.93. The Bertz CT molecular complexity index is 406. The number of rotatable bonds is 9. The Balaban J connectivity index is 2.46. The molecule has 1 aromatic heterocycles. The lowest BCUT2D eigenvalue weighted by molar-refractivity contribution is -0.140. The molecule has 0 spiro atoms. The number of carboxylic acids is 1. The summed E-state index contributed by atoms with van der Waals surface area (Å²) in [4.78, 5) is 19.5. The van der Waals surface area contributed by atoms with Gasteiger partial charge in [-0.1, -0.05) is 27.2 Å². The third-order valence-corrected chi connectivity index (χ3v) is 2.98. The fraction of sp³-hybridized carbons (Fsp3) is 0.643. The highest BCUT2D eigenvalue weighted by atomic mass is 16.4. The fourth-order valence-electron chi connectivity index (χ4n) is 1.75. The SMILES string of the molecule is CCCCNc1ncc(CN[C@@H](C(=O)O)C(C)C)cn1. The van der Waals surface area contributed by atoms with E-state index in [0.29, 0.717) is 12.5 Å². The lowest BCUT2D eigenvalue weighted by atomic mass is 10.0. The molecule has 6 heteroatoms. The van der Waals surface area contributed by atoms with E-state index in [9.17, 15) is 4.79 Å². The number of carboxylic acid groups (broad SMARTS) is 1. The minimum Gasteiger partial charge on any atom is -0.480 e. The number of hydrogen-bond acceptors (Lipinski definition) is 5. The van der Waals surface area contributed by atoms with Crippen LogP contribution in [-0.2, 0) is 11.3 Å². The summed E-state index contributed by atoms with van der Waals surface area (Å²) in [6, 6.07) is -0.558.